The van der Waals surface area contributed by atoms with Gasteiger partial charge in [-0.15, -0.1) is 0 Å². The number of ether oxygens (including phenoxy) is 1. The number of nitrogens with zero attached hydrogens (tertiary/aromatic N) is 1. The fourth-order valence-electron chi connectivity index (χ4n) is 2.22. The summed E-state index contributed by atoms with van der Waals surface area (Å²) in [6.07, 6.45) is 0. The van der Waals surface area contributed by atoms with Crippen LogP contribution in [0, 0.1) is 13.8 Å². The molecule has 1 rings (SSSR count). The van der Waals surface area contributed by atoms with E-state index >= 15 is 0 Å². The Morgan fingerprint density at radius 2 is 1.70 bits per heavy atom. The molecule has 0 radical (unpaired) electrons. The minimum atomic E-state index is -3.70. The molecule has 114 valence electrons. The zero-order valence-corrected chi connectivity index (χ0v) is 13.4. The predicted molar refractivity (Wildman–Crippen MR) is 76.3 cm³/mol. The van der Waals surface area contributed by atoms with Crippen LogP contribution >= 0.6 is 0 Å². The molecule has 0 spiro atoms. The molecule has 0 fully saturated rings. The van der Waals surface area contributed by atoms with Crippen LogP contribution < -0.4 is 0 Å². The first-order valence-electron chi connectivity index (χ1n) is 6.67. The lowest BCUT2D eigenvalue weighted by Crippen LogP contribution is -2.32. The van der Waals surface area contributed by atoms with Crippen LogP contribution in [0.25, 0.3) is 0 Å². The Balaban J connectivity index is 3.49. The highest BCUT2D eigenvalue weighted by Crippen LogP contribution is 2.27. The molecule has 0 saturated heterocycles. The lowest BCUT2D eigenvalue weighted by Gasteiger charge is -2.19. The summed E-state index contributed by atoms with van der Waals surface area (Å²) >= 11 is 0. The molecule has 0 bridgehead atoms. The molecule has 1 heterocycles. The first kappa shape index (κ1) is 16.7. The third kappa shape index (κ3) is 2.88. The molecule has 1 aromatic rings. The van der Waals surface area contributed by atoms with Gasteiger partial charge in [0, 0.05) is 24.5 Å². The quantitative estimate of drug-likeness (QED) is 0.813. The molecule has 0 unspecified atom stereocenters. The highest BCUT2D eigenvalue weighted by Gasteiger charge is 2.32. The van der Waals surface area contributed by atoms with Crippen LogP contribution in [0.15, 0.2) is 4.90 Å². The molecule has 0 aliphatic carbocycles. The van der Waals surface area contributed by atoms with Crippen LogP contribution in [0.1, 0.15) is 42.5 Å². The maximum absolute atomic E-state index is 12.7. The van der Waals surface area contributed by atoms with Crippen molar-refractivity contribution in [2.75, 3.05) is 19.7 Å². The third-order valence-electron chi connectivity index (χ3n) is 3.10. The van der Waals surface area contributed by atoms with Gasteiger partial charge in [0.2, 0.25) is 10.0 Å². The average Bonchev–Trinajstić information content (AvgIpc) is 2.66. The van der Waals surface area contributed by atoms with Crippen LogP contribution in [0.2, 0.25) is 0 Å². The van der Waals surface area contributed by atoms with Crippen molar-refractivity contribution >= 4 is 16.0 Å². The topological polar surface area (TPSA) is 79.5 Å². The van der Waals surface area contributed by atoms with E-state index in [1.807, 2.05) is 0 Å². The zero-order valence-electron chi connectivity index (χ0n) is 12.6. The van der Waals surface area contributed by atoms with Crippen molar-refractivity contribution < 1.29 is 17.9 Å². The molecule has 6 nitrogen and oxygen atoms in total. The molecule has 0 aromatic carbocycles. The highest BCUT2D eigenvalue weighted by molar-refractivity contribution is 7.89. The van der Waals surface area contributed by atoms with Crippen LogP contribution in [-0.2, 0) is 14.8 Å². The maximum atomic E-state index is 12.7. The van der Waals surface area contributed by atoms with E-state index in [-0.39, 0.29) is 17.1 Å². The minimum absolute atomic E-state index is 0.0251. The van der Waals surface area contributed by atoms with E-state index < -0.39 is 16.0 Å². The highest BCUT2D eigenvalue weighted by atomic mass is 32.2. The number of hydrogen-bond acceptors (Lipinski definition) is 4. The van der Waals surface area contributed by atoms with E-state index in [2.05, 4.69) is 4.98 Å². The van der Waals surface area contributed by atoms with Crippen molar-refractivity contribution in [1.82, 2.24) is 9.29 Å². The first-order valence-corrected chi connectivity index (χ1v) is 8.11. The van der Waals surface area contributed by atoms with Gasteiger partial charge in [0.25, 0.3) is 0 Å². The van der Waals surface area contributed by atoms with Gasteiger partial charge in [-0.05, 0) is 20.8 Å². The number of carbonyl (C=O) groups excluding carboxylic acids is 1. The molecule has 0 atom stereocenters. The van der Waals surface area contributed by atoms with Crippen LogP contribution in [0.3, 0.4) is 0 Å². The van der Waals surface area contributed by atoms with Gasteiger partial charge in [-0.1, -0.05) is 13.8 Å². The van der Waals surface area contributed by atoms with Gasteiger partial charge in [0.15, 0.2) is 0 Å². The number of aromatic nitrogens is 1. The number of carbonyl (C=O) groups is 1. The predicted octanol–water partition coefficient (Wildman–Crippen LogP) is 1.84. The van der Waals surface area contributed by atoms with Gasteiger partial charge in [-0.25, -0.2) is 13.2 Å². The summed E-state index contributed by atoms with van der Waals surface area (Å²) in [5, 5.41) is 0. The van der Waals surface area contributed by atoms with E-state index in [4.69, 9.17) is 4.74 Å². The molecule has 0 aliphatic rings. The lowest BCUT2D eigenvalue weighted by molar-refractivity contribution is 0.0521. The smallest absolute Gasteiger partial charge is 0.341 e. The van der Waals surface area contributed by atoms with Gasteiger partial charge in [-0.3, -0.25) is 0 Å². The van der Waals surface area contributed by atoms with Gasteiger partial charge in [0.1, 0.15) is 10.5 Å². The average molecular weight is 302 g/mol. The monoisotopic (exact) mass is 302 g/mol. The van der Waals surface area contributed by atoms with E-state index in [0.29, 0.717) is 24.5 Å². The van der Waals surface area contributed by atoms with Crippen molar-refractivity contribution in [2.24, 2.45) is 0 Å². The van der Waals surface area contributed by atoms with Crippen LogP contribution in [0.5, 0.6) is 0 Å². The number of hydrogen-bond donors (Lipinski definition) is 1. The standard InChI is InChI=1S/C13H22N2O4S/c1-6-15(7-2)20(17,18)12-10(5)14-9(4)11(12)13(16)19-8-3/h14H,6-8H2,1-5H3. The Hall–Kier alpha value is -1.34. The summed E-state index contributed by atoms with van der Waals surface area (Å²) in [6.45, 7) is 9.43. The second kappa shape index (κ2) is 6.41. The fourth-order valence-corrected chi connectivity index (χ4v) is 4.09. The summed E-state index contributed by atoms with van der Waals surface area (Å²) < 4.78 is 31.6. The number of aryl methyl sites for hydroxylation is 2. The lowest BCUT2D eigenvalue weighted by atomic mass is 10.2. The molecule has 20 heavy (non-hydrogen) atoms. The number of sulfonamides is 1. The Kier molecular flexibility index (Phi) is 5.35. The Morgan fingerprint density at radius 1 is 1.15 bits per heavy atom. The summed E-state index contributed by atoms with van der Waals surface area (Å²) in [7, 11) is -3.70. The number of H-pyrrole nitrogens is 1. The van der Waals surface area contributed by atoms with Crippen molar-refractivity contribution in [3.63, 3.8) is 0 Å². The van der Waals surface area contributed by atoms with Gasteiger partial charge in [-0.2, -0.15) is 4.31 Å². The first-order chi connectivity index (χ1) is 9.31. The van der Waals surface area contributed by atoms with Crippen LogP contribution in [-0.4, -0.2) is 43.4 Å². The zero-order chi connectivity index (χ0) is 15.5. The molecule has 1 aromatic heterocycles. The van der Waals surface area contributed by atoms with Gasteiger partial charge >= 0.3 is 5.97 Å². The Morgan fingerprint density at radius 3 is 2.15 bits per heavy atom. The largest absolute Gasteiger partial charge is 0.462 e. The molecular formula is C13H22N2O4S. The number of nitrogens with one attached hydrogen (secondary N) is 1. The van der Waals surface area contributed by atoms with Crippen molar-refractivity contribution in [1.29, 1.82) is 0 Å². The van der Waals surface area contributed by atoms with E-state index in [0.717, 1.165) is 0 Å². The van der Waals surface area contributed by atoms with E-state index in [1.54, 1.807) is 34.6 Å². The Labute approximate surface area is 120 Å². The number of esters is 1. The minimum Gasteiger partial charge on any atom is -0.462 e. The summed E-state index contributed by atoms with van der Waals surface area (Å²) in [4.78, 5) is 15.0. The van der Waals surface area contributed by atoms with Gasteiger partial charge < -0.3 is 9.72 Å². The number of aromatic amines is 1. The molecule has 0 amide bonds. The summed E-state index contributed by atoms with van der Waals surface area (Å²) in [5.41, 5.74) is 1.07. The second-order valence-electron chi connectivity index (χ2n) is 4.39. The maximum Gasteiger partial charge on any atom is 0.341 e. The molecule has 0 saturated carbocycles. The van der Waals surface area contributed by atoms with Crippen molar-refractivity contribution in [2.45, 2.75) is 39.5 Å². The second-order valence-corrected chi connectivity index (χ2v) is 6.26. The summed E-state index contributed by atoms with van der Waals surface area (Å²) in [6, 6.07) is 0. The molecular weight excluding hydrogens is 280 g/mol. The van der Waals surface area contributed by atoms with E-state index in [9.17, 15) is 13.2 Å². The molecule has 1 N–H and O–H groups in total. The van der Waals surface area contributed by atoms with Gasteiger partial charge in [0.05, 0.1) is 6.61 Å². The fraction of sp³-hybridized carbons (Fsp3) is 0.615. The normalized spacial score (nSPS) is 11.9. The Bertz CT molecular complexity index is 586. The third-order valence-corrected chi connectivity index (χ3v) is 5.32. The summed E-state index contributed by atoms with van der Waals surface area (Å²) in [5.74, 6) is -0.611. The number of rotatable bonds is 6. The van der Waals surface area contributed by atoms with Crippen molar-refractivity contribution in [3.8, 4) is 0 Å². The molecule has 0 aliphatic heterocycles. The van der Waals surface area contributed by atoms with Crippen molar-refractivity contribution in [3.05, 3.63) is 17.0 Å². The van der Waals surface area contributed by atoms with E-state index in [1.165, 1.54) is 4.31 Å². The SMILES string of the molecule is CCOC(=O)c1c(C)[nH]c(C)c1S(=O)(=O)N(CC)CC. The van der Waals surface area contributed by atoms with Crippen LogP contribution in [0.4, 0.5) is 0 Å². The molecule has 7 heteroatoms.